The van der Waals surface area contributed by atoms with Gasteiger partial charge in [0.2, 0.25) is 18.0 Å². The molecular formula is C30H28FN3O8S. The smallest absolute Gasteiger partial charge is 0.451 e. The number of nitrogens with zero attached hydrogens (tertiary/aromatic N) is 2. The standard InChI is InChI=1S/C30H28FN3O8S/c1-38-12-20-13-42-29(22-4-3-5-24-21(22)11-17-6-7-19(31)10-18(17)14-43-24)15-30(29)32-33-9-8-23(35)26(25(33)27(36)34(20)30)40-16-41-28(37)39-2/h3-10,20,32H,11-16H2,1-2H3/t20?,29-,30-/m0/s1. The highest BCUT2D eigenvalue weighted by molar-refractivity contribution is 7.98. The molecule has 224 valence electrons. The van der Waals surface area contributed by atoms with E-state index in [9.17, 15) is 18.8 Å². The Morgan fingerprint density at radius 1 is 1.19 bits per heavy atom. The zero-order valence-corrected chi connectivity index (χ0v) is 24.2. The zero-order chi connectivity index (χ0) is 29.9. The molecule has 3 aromatic rings. The molecule has 1 amide bonds. The third kappa shape index (κ3) is 4.20. The molecule has 1 saturated heterocycles. The van der Waals surface area contributed by atoms with Crippen molar-refractivity contribution in [1.82, 2.24) is 9.58 Å². The van der Waals surface area contributed by atoms with Gasteiger partial charge in [0.05, 0.1) is 26.4 Å². The van der Waals surface area contributed by atoms with Gasteiger partial charge in [0.15, 0.2) is 11.4 Å². The molecule has 1 N–H and O–H groups in total. The van der Waals surface area contributed by atoms with Gasteiger partial charge in [-0.15, -0.1) is 11.8 Å². The van der Waals surface area contributed by atoms with E-state index >= 15 is 0 Å². The largest absolute Gasteiger partial charge is 0.510 e. The Balaban J connectivity index is 1.31. The van der Waals surface area contributed by atoms with Crippen LogP contribution in [0.15, 0.2) is 58.4 Å². The predicted molar refractivity (Wildman–Crippen MR) is 151 cm³/mol. The molecule has 1 saturated carbocycles. The number of thioether (sulfide) groups is 1. The molecule has 7 rings (SSSR count). The normalized spacial score (nSPS) is 24.7. The van der Waals surface area contributed by atoms with Crippen LogP contribution in [0.1, 0.15) is 39.2 Å². The third-order valence-corrected chi connectivity index (χ3v) is 9.67. The average Bonchev–Trinajstić information content (AvgIpc) is 3.70. The van der Waals surface area contributed by atoms with Gasteiger partial charge >= 0.3 is 6.16 Å². The quantitative estimate of drug-likeness (QED) is 0.330. The Hall–Kier alpha value is -4.07. The Labute approximate surface area is 249 Å². The highest BCUT2D eigenvalue weighted by Gasteiger charge is 2.79. The molecule has 13 heteroatoms. The average molecular weight is 610 g/mol. The van der Waals surface area contributed by atoms with E-state index < -0.39 is 41.6 Å². The van der Waals surface area contributed by atoms with Crippen molar-refractivity contribution in [2.75, 3.05) is 39.7 Å². The van der Waals surface area contributed by atoms with Gasteiger partial charge in [-0.3, -0.25) is 19.7 Å². The molecular weight excluding hydrogens is 581 g/mol. The first-order valence-electron chi connectivity index (χ1n) is 13.7. The van der Waals surface area contributed by atoms with Gasteiger partial charge in [0.1, 0.15) is 11.4 Å². The summed E-state index contributed by atoms with van der Waals surface area (Å²) in [6, 6.07) is 11.8. The summed E-state index contributed by atoms with van der Waals surface area (Å²) in [5.41, 5.74) is 5.00. The maximum atomic E-state index is 14.4. The maximum absolute atomic E-state index is 14.4. The molecule has 1 unspecified atom stereocenters. The van der Waals surface area contributed by atoms with Crippen molar-refractivity contribution in [3.8, 4) is 5.75 Å². The summed E-state index contributed by atoms with van der Waals surface area (Å²) in [4.78, 5) is 41.4. The van der Waals surface area contributed by atoms with E-state index in [1.54, 1.807) is 29.8 Å². The van der Waals surface area contributed by atoms with Gasteiger partial charge < -0.3 is 28.6 Å². The number of fused-ring (bicyclic) bond motifs is 3. The molecule has 3 atom stereocenters. The minimum absolute atomic E-state index is 0.0335. The van der Waals surface area contributed by atoms with E-state index in [4.69, 9.17) is 18.9 Å². The number of rotatable bonds is 6. The Kier molecular flexibility index (Phi) is 6.63. The number of carbonyl (C=O) groups excluding carboxylic acids is 2. The minimum atomic E-state index is -0.995. The van der Waals surface area contributed by atoms with Crippen LogP contribution < -0.4 is 15.6 Å². The first-order chi connectivity index (χ1) is 20.8. The van der Waals surface area contributed by atoms with E-state index in [2.05, 4.69) is 16.2 Å². The summed E-state index contributed by atoms with van der Waals surface area (Å²) >= 11 is 1.65. The second kappa shape index (κ2) is 10.3. The van der Waals surface area contributed by atoms with Crippen molar-refractivity contribution in [2.45, 2.75) is 40.8 Å². The van der Waals surface area contributed by atoms with Crippen molar-refractivity contribution in [2.24, 2.45) is 0 Å². The summed E-state index contributed by atoms with van der Waals surface area (Å²) in [6.45, 7) is -0.225. The Morgan fingerprint density at radius 3 is 2.86 bits per heavy atom. The molecule has 3 aliphatic heterocycles. The fourth-order valence-corrected chi connectivity index (χ4v) is 7.70. The van der Waals surface area contributed by atoms with Crippen molar-refractivity contribution >= 4 is 23.8 Å². The zero-order valence-electron chi connectivity index (χ0n) is 23.4. The number of halogens is 1. The number of ether oxygens (including phenoxy) is 5. The van der Waals surface area contributed by atoms with Crippen molar-refractivity contribution < 1.29 is 37.7 Å². The van der Waals surface area contributed by atoms with Crippen LogP contribution in [0.2, 0.25) is 0 Å². The second-order valence-electron chi connectivity index (χ2n) is 10.8. The first-order valence-corrected chi connectivity index (χ1v) is 14.7. The van der Waals surface area contributed by atoms with Crippen LogP contribution in [0.4, 0.5) is 9.18 Å². The Bertz CT molecular complexity index is 1720. The van der Waals surface area contributed by atoms with Gasteiger partial charge in [0.25, 0.3) is 5.91 Å². The van der Waals surface area contributed by atoms with Crippen LogP contribution in [-0.2, 0) is 36.7 Å². The van der Waals surface area contributed by atoms with Crippen LogP contribution in [0, 0.1) is 5.82 Å². The number of benzene rings is 2. The van der Waals surface area contributed by atoms with Crippen LogP contribution in [0.3, 0.4) is 0 Å². The monoisotopic (exact) mass is 609 g/mol. The van der Waals surface area contributed by atoms with Crippen LogP contribution in [0.5, 0.6) is 5.75 Å². The topological polar surface area (TPSA) is 118 Å². The van der Waals surface area contributed by atoms with E-state index in [1.807, 2.05) is 18.2 Å². The molecule has 1 spiro atoms. The lowest BCUT2D eigenvalue weighted by atomic mass is 9.91. The molecule has 0 bridgehead atoms. The number of methoxy groups -OCH3 is 2. The molecule has 0 radical (unpaired) electrons. The predicted octanol–water partition coefficient (Wildman–Crippen LogP) is 3.34. The lowest BCUT2D eigenvalue weighted by Crippen LogP contribution is -2.67. The van der Waals surface area contributed by atoms with Gasteiger partial charge in [-0.1, -0.05) is 18.2 Å². The summed E-state index contributed by atoms with van der Waals surface area (Å²) < 4.78 is 42.5. The molecule has 4 heterocycles. The Morgan fingerprint density at radius 2 is 2.05 bits per heavy atom. The second-order valence-corrected chi connectivity index (χ2v) is 11.8. The van der Waals surface area contributed by atoms with E-state index in [-0.39, 0.29) is 30.5 Å². The molecule has 2 aromatic carbocycles. The highest BCUT2D eigenvalue weighted by atomic mass is 32.2. The number of carbonyl (C=O) groups is 2. The van der Waals surface area contributed by atoms with Crippen LogP contribution in [0.25, 0.3) is 0 Å². The number of aromatic nitrogens is 1. The third-order valence-electron chi connectivity index (χ3n) is 8.52. The molecule has 1 aliphatic carbocycles. The lowest BCUT2D eigenvalue weighted by Gasteiger charge is -2.49. The van der Waals surface area contributed by atoms with E-state index in [0.717, 1.165) is 34.3 Å². The number of pyridine rings is 1. The maximum Gasteiger partial charge on any atom is 0.510 e. The highest BCUT2D eigenvalue weighted by Crippen LogP contribution is 2.66. The van der Waals surface area contributed by atoms with Gasteiger partial charge in [-0.05, 0) is 46.9 Å². The summed E-state index contributed by atoms with van der Waals surface area (Å²) in [5, 5.41) is 0. The molecule has 11 nitrogen and oxygen atoms in total. The van der Waals surface area contributed by atoms with Crippen molar-refractivity contribution in [1.29, 1.82) is 0 Å². The van der Waals surface area contributed by atoms with Gasteiger partial charge in [-0.2, -0.15) is 0 Å². The van der Waals surface area contributed by atoms with Crippen molar-refractivity contribution in [3.05, 3.63) is 92.6 Å². The fraction of sp³-hybridized carbons (Fsp3) is 0.367. The number of amides is 1. The summed E-state index contributed by atoms with van der Waals surface area (Å²) in [7, 11) is 2.70. The number of nitrogens with one attached hydrogen (secondary N) is 1. The fourth-order valence-electron chi connectivity index (χ4n) is 6.59. The molecule has 1 aromatic heterocycles. The summed E-state index contributed by atoms with van der Waals surface area (Å²) in [5.74, 6) is -0.330. The SMILES string of the molecule is COCC1CO[C@]2(c3cccc4c3Cc3ccc(F)cc3CS4)C[C@@]23Nn2ccc(=O)c(OCOC(=O)OC)c2C(=O)N13. The lowest BCUT2D eigenvalue weighted by molar-refractivity contribution is -0.106. The number of hydrogen-bond acceptors (Lipinski definition) is 10. The van der Waals surface area contributed by atoms with Crippen LogP contribution >= 0.6 is 11.8 Å². The summed E-state index contributed by atoms with van der Waals surface area (Å²) in [6.07, 6.45) is 1.52. The molecule has 43 heavy (non-hydrogen) atoms. The number of hydrogen-bond donors (Lipinski definition) is 1. The first kappa shape index (κ1) is 27.7. The minimum Gasteiger partial charge on any atom is -0.451 e. The van der Waals surface area contributed by atoms with E-state index in [1.165, 1.54) is 23.0 Å². The molecule has 2 fully saturated rings. The number of morpholine rings is 1. The van der Waals surface area contributed by atoms with Crippen LogP contribution in [-0.4, -0.2) is 67.6 Å². The van der Waals surface area contributed by atoms with Crippen molar-refractivity contribution in [3.63, 3.8) is 0 Å². The van der Waals surface area contributed by atoms with Gasteiger partial charge in [0, 0.05) is 36.4 Å². The molecule has 4 aliphatic rings. The van der Waals surface area contributed by atoms with Gasteiger partial charge in [-0.25, -0.2) is 9.18 Å². The van der Waals surface area contributed by atoms with E-state index in [0.29, 0.717) is 18.6 Å².